The number of furan rings is 1. The summed E-state index contributed by atoms with van der Waals surface area (Å²) in [4.78, 5) is 0. The predicted molar refractivity (Wildman–Crippen MR) is 138 cm³/mol. The molecule has 0 atom stereocenters. The molecule has 0 bridgehead atoms. The maximum absolute atomic E-state index is 9.41. The molecule has 0 spiro atoms. The fraction of sp³-hybridized carbons (Fsp3) is 0.0690. The van der Waals surface area contributed by atoms with Gasteiger partial charge in [0, 0.05) is 11.5 Å². The number of rotatable bonds is 5. The number of benzene rings is 4. The average molecular weight is 448 g/mol. The second-order valence-corrected chi connectivity index (χ2v) is 11.5. The molecule has 5 rings (SSSR count). The number of methoxy groups -OCH3 is 1. The lowest BCUT2D eigenvalue weighted by Gasteiger charge is -2.24. The zero-order chi connectivity index (χ0) is 22.8. The Labute approximate surface area is 194 Å². The van der Waals surface area contributed by atoms with Gasteiger partial charge in [0.25, 0.3) is 0 Å². The van der Waals surface area contributed by atoms with E-state index < -0.39 is 7.26 Å². The summed E-state index contributed by atoms with van der Waals surface area (Å²) >= 11 is 0. The third kappa shape index (κ3) is 3.59. The number of hydrogen-bond acceptors (Lipinski definition) is 3. The normalized spacial score (nSPS) is 11.3. The van der Waals surface area contributed by atoms with Crippen molar-refractivity contribution in [2.45, 2.75) is 0 Å². The van der Waals surface area contributed by atoms with Crippen LogP contribution >= 0.6 is 7.26 Å². The van der Waals surface area contributed by atoms with Crippen molar-refractivity contribution in [2.75, 3.05) is 13.8 Å². The Bertz CT molecular complexity index is 1430. The molecule has 5 aromatic rings. The fourth-order valence-electron chi connectivity index (χ4n) is 4.42. The van der Waals surface area contributed by atoms with Gasteiger partial charge in [0.05, 0.1) is 31.0 Å². The van der Waals surface area contributed by atoms with Crippen LogP contribution in [-0.2, 0) is 0 Å². The Hall–Kier alpha value is -3.86. The predicted octanol–water partition coefficient (Wildman–Crippen LogP) is 5.90. The van der Waals surface area contributed by atoms with E-state index >= 15 is 0 Å². The van der Waals surface area contributed by atoms with Gasteiger partial charge in [-0.25, -0.2) is 0 Å². The van der Waals surface area contributed by atoms with Crippen LogP contribution in [0.1, 0.15) is 5.56 Å². The maximum Gasteiger partial charge on any atom is 0.176 e. The summed E-state index contributed by atoms with van der Waals surface area (Å²) in [6, 6.07) is 37.7. The van der Waals surface area contributed by atoms with Crippen molar-refractivity contribution in [3.05, 3.63) is 109 Å². The van der Waals surface area contributed by atoms with Crippen LogP contribution in [0.3, 0.4) is 0 Å². The fourth-order valence-corrected chi connectivity index (χ4v) is 7.86. The molecule has 4 aromatic carbocycles. The molecule has 0 radical (unpaired) electrons. The van der Waals surface area contributed by atoms with E-state index in [2.05, 4.69) is 91.6 Å². The van der Waals surface area contributed by atoms with Crippen LogP contribution in [0.15, 0.2) is 108 Å². The van der Waals surface area contributed by atoms with Crippen molar-refractivity contribution in [1.82, 2.24) is 0 Å². The smallest absolute Gasteiger partial charge is 0.176 e. The maximum atomic E-state index is 9.41. The van der Waals surface area contributed by atoms with Crippen LogP contribution in [0.4, 0.5) is 0 Å². The molecule has 0 aliphatic rings. The minimum absolute atomic E-state index is 0.547. The Morgan fingerprint density at radius 1 is 0.788 bits per heavy atom. The second-order valence-electron chi connectivity index (χ2n) is 8.01. The molecule has 1 heterocycles. The van der Waals surface area contributed by atoms with Crippen LogP contribution in [0.25, 0.3) is 22.3 Å². The van der Waals surface area contributed by atoms with E-state index in [0.717, 1.165) is 16.7 Å². The van der Waals surface area contributed by atoms with E-state index in [1.54, 1.807) is 13.2 Å². The van der Waals surface area contributed by atoms with E-state index in [1.807, 2.05) is 18.2 Å². The van der Waals surface area contributed by atoms with Gasteiger partial charge in [0.2, 0.25) is 0 Å². The van der Waals surface area contributed by atoms with Gasteiger partial charge >= 0.3 is 0 Å². The lowest BCUT2D eigenvalue weighted by molar-refractivity contribution is 0.411. The average Bonchev–Trinajstić information content (AvgIpc) is 3.33. The molecular weight excluding hydrogens is 425 g/mol. The van der Waals surface area contributed by atoms with Crippen molar-refractivity contribution in [3.8, 4) is 23.1 Å². The van der Waals surface area contributed by atoms with Gasteiger partial charge in [0.15, 0.2) is 11.3 Å². The molecule has 0 N–H and O–H groups in total. The summed E-state index contributed by atoms with van der Waals surface area (Å²) in [5.74, 6) is 1.34. The highest BCUT2D eigenvalue weighted by Gasteiger charge is 2.42. The van der Waals surface area contributed by atoms with Crippen LogP contribution < -0.4 is 20.7 Å². The largest absolute Gasteiger partial charge is 0.493 e. The monoisotopic (exact) mass is 448 g/mol. The first kappa shape index (κ1) is 21.0. The minimum atomic E-state index is -1.95. The lowest BCUT2D eigenvalue weighted by atomic mass is 10.1. The van der Waals surface area contributed by atoms with Gasteiger partial charge in [-0.05, 0) is 48.5 Å². The second kappa shape index (κ2) is 8.58. The molecule has 0 unspecified atom stereocenters. The Morgan fingerprint density at radius 2 is 1.39 bits per heavy atom. The molecule has 4 heteroatoms. The van der Waals surface area contributed by atoms with Gasteiger partial charge < -0.3 is 9.15 Å². The van der Waals surface area contributed by atoms with Crippen LogP contribution in [0.5, 0.6) is 5.75 Å². The van der Waals surface area contributed by atoms with Crippen molar-refractivity contribution >= 4 is 34.1 Å². The number of nitrogens with zero attached hydrogens (tertiary/aromatic N) is 1. The van der Waals surface area contributed by atoms with Gasteiger partial charge in [-0.2, -0.15) is 5.26 Å². The zero-order valence-electron chi connectivity index (χ0n) is 18.5. The summed E-state index contributed by atoms with van der Waals surface area (Å²) in [5, 5.41) is 14.1. The quantitative estimate of drug-likeness (QED) is 0.314. The van der Waals surface area contributed by atoms with Crippen LogP contribution in [0.2, 0.25) is 0 Å². The first-order chi connectivity index (χ1) is 16.1. The molecule has 1 aromatic heterocycles. The molecule has 0 amide bonds. The van der Waals surface area contributed by atoms with Crippen molar-refractivity contribution in [1.29, 1.82) is 5.26 Å². The lowest BCUT2D eigenvalue weighted by Crippen LogP contribution is -2.31. The molecule has 0 saturated carbocycles. The minimum Gasteiger partial charge on any atom is -0.493 e. The zero-order valence-corrected chi connectivity index (χ0v) is 19.4. The molecule has 33 heavy (non-hydrogen) atoms. The molecule has 0 aliphatic heterocycles. The van der Waals surface area contributed by atoms with Gasteiger partial charge in [-0.1, -0.05) is 48.5 Å². The SMILES string of the molecule is COc1cc(C#N)cc2cc(-c3ccccc3[P+](C)(c3ccccc3)c3ccccc3)oc12. The molecule has 160 valence electrons. The molecule has 0 saturated heterocycles. The third-order valence-corrected chi connectivity index (χ3v) is 10.1. The van der Waals surface area contributed by atoms with Gasteiger partial charge in [-0.3, -0.25) is 0 Å². The highest BCUT2D eigenvalue weighted by molar-refractivity contribution is 7.95. The Kier molecular flexibility index (Phi) is 5.47. The summed E-state index contributed by atoms with van der Waals surface area (Å²) in [7, 11) is -0.354. The van der Waals surface area contributed by atoms with Crippen LogP contribution in [0, 0.1) is 11.3 Å². The highest BCUT2D eigenvalue weighted by Crippen LogP contribution is 2.53. The van der Waals surface area contributed by atoms with E-state index in [9.17, 15) is 5.26 Å². The summed E-state index contributed by atoms with van der Waals surface area (Å²) in [6.45, 7) is 2.37. The van der Waals surface area contributed by atoms with E-state index in [1.165, 1.54) is 15.9 Å². The molecule has 3 nitrogen and oxygen atoms in total. The van der Waals surface area contributed by atoms with Crippen LogP contribution in [-0.4, -0.2) is 13.8 Å². The number of nitriles is 1. The molecular formula is C29H23NO2P+. The summed E-state index contributed by atoms with van der Waals surface area (Å²) in [6.07, 6.45) is 0. The summed E-state index contributed by atoms with van der Waals surface area (Å²) in [5.41, 5.74) is 2.25. The Balaban J connectivity index is 1.78. The number of fused-ring (bicyclic) bond motifs is 1. The molecule has 0 aliphatic carbocycles. The highest BCUT2D eigenvalue weighted by atomic mass is 31.2. The topological polar surface area (TPSA) is 46.2 Å². The third-order valence-electron chi connectivity index (χ3n) is 6.13. The van der Waals surface area contributed by atoms with Gasteiger partial charge in [0.1, 0.15) is 28.9 Å². The van der Waals surface area contributed by atoms with E-state index in [0.29, 0.717) is 16.9 Å². The standard InChI is InChI=1S/C29H23NO2P/c1-31-27-18-21(20-30)17-22-19-26(32-29(22)27)25-15-9-10-16-28(25)33(2,23-11-5-3-6-12-23)24-13-7-4-8-14-24/h3-19H,1-2H3/q+1. The Morgan fingerprint density at radius 3 is 2.00 bits per heavy atom. The van der Waals surface area contributed by atoms with Gasteiger partial charge in [-0.15, -0.1) is 0 Å². The van der Waals surface area contributed by atoms with E-state index in [4.69, 9.17) is 9.15 Å². The molecule has 0 fully saturated rings. The number of ether oxygens (including phenoxy) is 1. The van der Waals surface area contributed by atoms with Crippen molar-refractivity contribution in [2.24, 2.45) is 0 Å². The van der Waals surface area contributed by atoms with Crippen molar-refractivity contribution in [3.63, 3.8) is 0 Å². The summed E-state index contributed by atoms with van der Waals surface area (Å²) < 4.78 is 11.9. The van der Waals surface area contributed by atoms with E-state index in [-0.39, 0.29) is 0 Å². The van der Waals surface area contributed by atoms with Crippen molar-refractivity contribution < 1.29 is 9.15 Å². The first-order valence-electron chi connectivity index (χ1n) is 10.7. The first-order valence-corrected chi connectivity index (χ1v) is 13.0. The number of hydrogen-bond donors (Lipinski definition) is 0.